The molecule has 274 valence electrons. The predicted octanol–water partition coefficient (Wildman–Crippen LogP) is 13.3. The zero-order valence-electron chi connectivity index (χ0n) is 32.0. The zero-order valence-corrected chi connectivity index (χ0v) is 32.0. The molecular weight excluding hydrogens is 705 g/mol. The van der Waals surface area contributed by atoms with Crippen molar-refractivity contribution in [1.29, 1.82) is 0 Å². The molecule has 58 heavy (non-hydrogen) atoms. The van der Waals surface area contributed by atoms with Crippen LogP contribution in [0, 0.1) is 0 Å². The van der Waals surface area contributed by atoms with Gasteiger partial charge in [-0.25, -0.2) is 9.97 Å². The number of anilines is 2. The second-order valence-corrected chi connectivity index (χ2v) is 14.4. The largest absolute Gasteiger partial charge is 0.336 e. The van der Waals surface area contributed by atoms with Crippen molar-refractivity contribution in [3.8, 4) is 28.1 Å². The molecule has 0 amide bonds. The van der Waals surface area contributed by atoms with Crippen molar-refractivity contribution >= 4 is 49.9 Å². The molecular formula is C54H38N4. The Morgan fingerprint density at radius 3 is 2.28 bits per heavy atom. The Balaban J connectivity index is 1.01. The van der Waals surface area contributed by atoms with Gasteiger partial charge in [-0.15, -0.1) is 11.5 Å². The summed E-state index contributed by atoms with van der Waals surface area (Å²) < 4.78 is 2.37. The lowest BCUT2D eigenvalue weighted by molar-refractivity contribution is 1.11. The third kappa shape index (κ3) is 6.45. The highest BCUT2D eigenvalue weighted by molar-refractivity contribution is 6.10. The van der Waals surface area contributed by atoms with E-state index in [1.54, 1.807) is 0 Å². The molecule has 0 fully saturated rings. The number of benzene rings is 5. The number of aromatic nitrogens is 3. The number of hydrogen-bond acceptors (Lipinski definition) is 3. The molecule has 0 saturated heterocycles. The second kappa shape index (κ2) is 15.1. The average molecular weight is 743 g/mol. The van der Waals surface area contributed by atoms with E-state index in [9.17, 15) is 0 Å². The smallest absolute Gasteiger partial charge is 0.161 e. The molecule has 3 aliphatic rings. The zero-order chi connectivity index (χ0) is 38.8. The molecule has 2 aromatic heterocycles. The van der Waals surface area contributed by atoms with E-state index in [2.05, 4.69) is 173 Å². The van der Waals surface area contributed by atoms with Crippen molar-refractivity contribution in [2.45, 2.75) is 6.92 Å². The molecule has 10 rings (SSSR count). The van der Waals surface area contributed by atoms with Gasteiger partial charge in [-0.3, -0.25) is 0 Å². The highest BCUT2D eigenvalue weighted by Gasteiger charge is 2.26. The maximum atomic E-state index is 5.07. The van der Waals surface area contributed by atoms with Gasteiger partial charge in [-0.05, 0) is 115 Å². The summed E-state index contributed by atoms with van der Waals surface area (Å²) in [6.07, 6.45) is 26.2. The van der Waals surface area contributed by atoms with Gasteiger partial charge in [0.2, 0.25) is 0 Å². The van der Waals surface area contributed by atoms with Gasteiger partial charge >= 0.3 is 0 Å². The second-order valence-electron chi connectivity index (χ2n) is 14.4. The first-order valence-electron chi connectivity index (χ1n) is 19.6. The molecule has 0 saturated carbocycles. The van der Waals surface area contributed by atoms with Crippen molar-refractivity contribution in [1.82, 2.24) is 14.5 Å². The number of para-hydroxylation sites is 2. The van der Waals surface area contributed by atoms with E-state index in [0.29, 0.717) is 5.82 Å². The fourth-order valence-electron chi connectivity index (χ4n) is 8.05. The molecule has 0 radical (unpaired) electrons. The summed E-state index contributed by atoms with van der Waals surface area (Å²) >= 11 is 0. The van der Waals surface area contributed by atoms with Crippen LogP contribution in [0.15, 0.2) is 212 Å². The minimum absolute atomic E-state index is 0.656. The van der Waals surface area contributed by atoms with Gasteiger partial charge in [-0.2, -0.15) is 0 Å². The summed E-state index contributed by atoms with van der Waals surface area (Å²) in [4.78, 5) is 12.5. The highest BCUT2D eigenvalue weighted by Crippen LogP contribution is 2.44. The first-order chi connectivity index (χ1) is 28.7. The molecule has 7 aromatic rings. The molecule has 2 aliphatic carbocycles. The number of fused-ring (bicyclic) bond motifs is 4. The normalized spacial score (nSPS) is 15.1. The van der Waals surface area contributed by atoms with E-state index in [1.165, 1.54) is 49.8 Å². The Morgan fingerprint density at radius 2 is 1.38 bits per heavy atom. The van der Waals surface area contributed by atoms with Crippen LogP contribution in [0.5, 0.6) is 0 Å². The van der Waals surface area contributed by atoms with Crippen LogP contribution in [0.2, 0.25) is 0 Å². The van der Waals surface area contributed by atoms with Crippen molar-refractivity contribution in [2.75, 3.05) is 11.4 Å². The molecule has 0 bridgehead atoms. The molecule has 0 atom stereocenters. The molecule has 0 N–H and O–H groups in total. The van der Waals surface area contributed by atoms with Crippen LogP contribution in [0.3, 0.4) is 0 Å². The minimum atomic E-state index is 0.656. The van der Waals surface area contributed by atoms with Gasteiger partial charge in [0.25, 0.3) is 0 Å². The average Bonchev–Trinajstić information content (AvgIpc) is 3.48. The van der Waals surface area contributed by atoms with Crippen LogP contribution in [0.4, 0.5) is 11.4 Å². The number of allylic oxidation sites excluding steroid dienone is 13. The fourth-order valence-corrected chi connectivity index (χ4v) is 8.05. The third-order valence-electron chi connectivity index (χ3n) is 10.9. The van der Waals surface area contributed by atoms with Crippen LogP contribution in [-0.4, -0.2) is 21.1 Å². The molecule has 5 aromatic carbocycles. The molecule has 3 heterocycles. The first-order valence-corrected chi connectivity index (χ1v) is 19.6. The van der Waals surface area contributed by atoms with Gasteiger partial charge in [0, 0.05) is 56.7 Å². The summed E-state index contributed by atoms with van der Waals surface area (Å²) in [7, 11) is 0. The number of rotatable bonds is 7. The van der Waals surface area contributed by atoms with Crippen molar-refractivity contribution in [2.24, 2.45) is 0 Å². The van der Waals surface area contributed by atoms with E-state index < -0.39 is 0 Å². The first kappa shape index (κ1) is 34.7. The Morgan fingerprint density at radius 1 is 0.603 bits per heavy atom. The standard InChI is InChI=1S/C54H38N4/c1-2-3-17-43-37-57(44-30-26-39(27-31-44)50-36-49(38-18-9-4-5-10-19-38)55-54(56-50)40-20-11-6-7-12-21-40)51-32-28-41(34-47(43)51)42-29-33-53-48(35-42)46-24-15-16-25-52(46)58(53)45-22-13-8-14-23-45/h2-4,6-11,13-36H,37H2,1H3/b3-2-,43-17+. The summed E-state index contributed by atoms with van der Waals surface area (Å²) in [6.45, 7) is 2.84. The van der Waals surface area contributed by atoms with Gasteiger partial charge in [0.1, 0.15) is 0 Å². The summed E-state index contributed by atoms with van der Waals surface area (Å²) in [5.74, 6) is 0.656. The summed E-state index contributed by atoms with van der Waals surface area (Å²) in [5.41, 5.74) is 21.8. The summed E-state index contributed by atoms with van der Waals surface area (Å²) in [6, 6.07) is 44.0. The maximum Gasteiger partial charge on any atom is 0.161 e. The highest BCUT2D eigenvalue weighted by atomic mass is 15.2. The molecule has 1 aliphatic heterocycles. The van der Waals surface area contributed by atoms with Crippen LogP contribution in [0.25, 0.3) is 66.6 Å². The lowest BCUT2D eigenvalue weighted by atomic mass is 9.98. The van der Waals surface area contributed by atoms with Crippen LogP contribution in [-0.2, 0) is 0 Å². The van der Waals surface area contributed by atoms with Gasteiger partial charge in [0.05, 0.1) is 22.4 Å². The van der Waals surface area contributed by atoms with E-state index >= 15 is 0 Å². The predicted molar refractivity (Wildman–Crippen MR) is 243 cm³/mol. The topological polar surface area (TPSA) is 34.0 Å². The van der Waals surface area contributed by atoms with Crippen molar-refractivity contribution in [3.05, 3.63) is 229 Å². The van der Waals surface area contributed by atoms with E-state index in [4.69, 9.17) is 9.97 Å². The Labute approximate surface area is 338 Å². The third-order valence-corrected chi connectivity index (χ3v) is 10.9. The SMILES string of the molecule is C/C=C\C=C1/CN(c2ccc(-c3cc(C4=CC=C=CC=C4)nc(C4=CC=CC=C=C4)n3)cc2)c2ccc(-c3ccc4c(c3)c3ccccc3n4-c3ccccc3)cc21. The van der Waals surface area contributed by atoms with Crippen LogP contribution < -0.4 is 4.90 Å². The molecule has 0 spiro atoms. The van der Waals surface area contributed by atoms with Gasteiger partial charge in [-0.1, -0.05) is 109 Å². The molecule has 4 heteroatoms. The maximum absolute atomic E-state index is 5.07. The van der Waals surface area contributed by atoms with Crippen molar-refractivity contribution < 1.29 is 0 Å². The summed E-state index contributed by atoms with van der Waals surface area (Å²) in [5, 5.41) is 2.50. The van der Waals surface area contributed by atoms with Gasteiger partial charge < -0.3 is 9.47 Å². The Hall–Kier alpha value is -7.74. The Bertz CT molecular complexity index is 3090. The fraction of sp³-hybridized carbons (Fsp3) is 0.0370. The van der Waals surface area contributed by atoms with E-state index in [1.807, 2.05) is 54.7 Å². The minimum Gasteiger partial charge on any atom is -0.336 e. The van der Waals surface area contributed by atoms with Crippen LogP contribution in [0.1, 0.15) is 24.0 Å². The number of nitrogens with zero attached hydrogens (tertiary/aromatic N) is 4. The van der Waals surface area contributed by atoms with Crippen LogP contribution >= 0.6 is 0 Å². The van der Waals surface area contributed by atoms with Crippen molar-refractivity contribution in [3.63, 3.8) is 0 Å². The molecule has 4 nitrogen and oxygen atoms in total. The lowest BCUT2D eigenvalue weighted by Gasteiger charge is -2.20. The van der Waals surface area contributed by atoms with Gasteiger partial charge in [0.15, 0.2) is 5.82 Å². The monoisotopic (exact) mass is 742 g/mol. The lowest BCUT2D eigenvalue weighted by Crippen LogP contribution is -2.12. The van der Waals surface area contributed by atoms with E-state index in [-0.39, 0.29) is 0 Å². The quantitative estimate of drug-likeness (QED) is 0.153. The Kier molecular flexibility index (Phi) is 9.02. The van der Waals surface area contributed by atoms with E-state index in [0.717, 1.165) is 46.0 Å². The number of hydrogen-bond donors (Lipinski definition) is 0. The molecule has 0 unspecified atom stereocenters.